The third-order valence-corrected chi connectivity index (χ3v) is 7.66. The van der Waals surface area contributed by atoms with Crippen molar-refractivity contribution in [2.45, 2.75) is 43.9 Å². The first kappa shape index (κ1) is 26.7. The second-order valence-corrected chi connectivity index (χ2v) is 10.2. The second kappa shape index (κ2) is 12.7. The van der Waals surface area contributed by atoms with Crippen molar-refractivity contribution in [3.8, 4) is 5.75 Å². The Kier molecular flexibility index (Phi) is 9.18. The summed E-state index contributed by atoms with van der Waals surface area (Å²) in [6.07, 6.45) is 3.83. The van der Waals surface area contributed by atoms with E-state index in [9.17, 15) is 13.2 Å². The molecule has 3 aromatic rings. The summed E-state index contributed by atoms with van der Waals surface area (Å²) in [7, 11) is -4.05. The number of benzene rings is 2. The average molecular weight is 527 g/mol. The Balaban J connectivity index is 1.48. The van der Waals surface area contributed by atoms with E-state index < -0.39 is 22.0 Å². The van der Waals surface area contributed by atoms with Crippen LogP contribution in [0.5, 0.6) is 5.75 Å². The Labute approximate surface area is 216 Å². The van der Waals surface area contributed by atoms with Gasteiger partial charge in [0, 0.05) is 38.4 Å². The Morgan fingerprint density at radius 2 is 1.76 bits per heavy atom. The van der Waals surface area contributed by atoms with Crippen LogP contribution in [0.2, 0.25) is 0 Å². The van der Waals surface area contributed by atoms with Gasteiger partial charge in [0.05, 0.1) is 36.0 Å². The molecule has 1 aliphatic heterocycles. The molecule has 4 rings (SSSR count). The van der Waals surface area contributed by atoms with Gasteiger partial charge < -0.3 is 9.47 Å². The minimum absolute atomic E-state index is 0.0458. The highest BCUT2D eigenvalue weighted by Crippen LogP contribution is 2.28. The molecule has 0 fully saturated rings. The fraction of sp³-hybridized carbons (Fsp3) is 0.346. The molecule has 1 atom stereocenters. The predicted octanol–water partition coefficient (Wildman–Crippen LogP) is 2.65. The molecule has 0 saturated carbocycles. The third kappa shape index (κ3) is 6.89. The number of nitrogens with zero attached hydrogens (tertiary/aromatic N) is 3. The van der Waals surface area contributed by atoms with Crippen LogP contribution >= 0.6 is 0 Å². The number of fused-ring (bicyclic) bond motifs is 1. The predicted molar refractivity (Wildman–Crippen MR) is 135 cm³/mol. The van der Waals surface area contributed by atoms with Crippen LogP contribution in [-0.2, 0) is 44.0 Å². The SMILES string of the molecule is CCOCCCOc1ccc(S(=O)(=O)N2Cc3nccnc3CC2C(=O)NOCc2ccccc2)cc1. The first-order chi connectivity index (χ1) is 18.0. The zero-order valence-electron chi connectivity index (χ0n) is 20.6. The number of rotatable bonds is 12. The summed E-state index contributed by atoms with van der Waals surface area (Å²) in [5.41, 5.74) is 4.36. The molecular weight excluding hydrogens is 496 g/mol. The highest BCUT2D eigenvalue weighted by Gasteiger charge is 2.41. The largest absolute Gasteiger partial charge is 0.494 e. The van der Waals surface area contributed by atoms with E-state index in [1.807, 2.05) is 37.3 Å². The number of aromatic nitrogens is 2. The van der Waals surface area contributed by atoms with E-state index in [4.69, 9.17) is 14.3 Å². The number of amides is 1. The van der Waals surface area contributed by atoms with Gasteiger partial charge in [0.25, 0.3) is 5.91 Å². The molecule has 10 nitrogen and oxygen atoms in total. The van der Waals surface area contributed by atoms with Crippen LogP contribution in [0, 0.1) is 0 Å². The number of nitrogens with one attached hydrogen (secondary N) is 1. The lowest BCUT2D eigenvalue weighted by Crippen LogP contribution is -2.52. The minimum Gasteiger partial charge on any atom is -0.494 e. The molecule has 1 amide bonds. The van der Waals surface area contributed by atoms with E-state index >= 15 is 0 Å². The maximum Gasteiger partial charge on any atom is 0.262 e. The van der Waals surface area contributed by atoms with E-state index in [1.54, 1.807) is 12.1 Å². The van der Waals surface area contributed by atoms with Crippen LogP contribution in [0.3, 0.4) is 0 Å². The second-order valence-electron chi connectivity index (χ2n) is 8.33. The van der Waals surface area contributed by atoms with Crippen molar-refractivity contribution in [2.75, 3.05) is 19.8 Å². The normalized spacial score (nSPS) is 15.6. The number of carbonyl (C=O) groups is 1. The van der Waals surface area contributed by atoms with Gasteiger partial charge in [-0.2, -0.15) is 4.31 Å². The highest BCUT2D eigenvalue weighted by atomic mass is 32.2. The molecule has 0 saturated heterocycles. The zero-order valence-corrected chi connectivity index (χ0v) is 21.4. The smallest absolute Gasteiger partial charge is 0.262 e. The summed E-state index contributed by atoms with van der Waals surface area (Å²) >= 11 is 0. The molecule has 2 aromatic carbocycles. The van der Waals surface area contributed by atoms with Crippen LogP contribution in [-0.4, -0.2) is 54.5 Å². The van der Waals surface area contributed by atoms with Crippen molar-refractivity contribution in [1.29, 1.82) is 0 Å². The number of hydrogen-bond acceptors (Lipinski definition) is 8. The van der Waals surface area contributed by atoms with Crippen LogP contribution < -0.4 is 10.2 Å². The van der Waals surface area contributed by atoms with Gasteiger partial charge in [-0.15, -0.1) is 0 Å². The van der Waals surface area contributed by atoms with Crippen molar-refractivity contribution in [1.82, 2.24) is 19.8 Å². The van der Waals surface area contributed by atoms with Gasteiger partial charge in [0.1, 0.15) is 11.8 Å². The number of hydroxylamine groups is 1. The Hall–Kier alpha value is -3.38. The highest BCUT2D eigenvalue weighted by molar-refractivity contribution is 7.89. The van der Waals surface area contributed by atoms with Gasteiger partial charge in [-0.05, 0) is 36.8 Å². The Bertz CT molecular complexity index is 1270. The van der Waals surface area contributed by atoms with Gasteiger partial charge in [-0.3, -0.25) is 19.6 Å². The lowest BCUT2D eigenvalue weighted by atomic mass is 10.0. The maximum absolute atomic E-state index is 13.7. The average Bonchev–Trinajstić information content (AvgIpc) is 2.93. The molecule has 1 aromatic heterocycles. The molecule has 1 aliphatic rings. The first-order valence-corrected chi connectivity index (χ1v) is 13.5. The van der Waals surface area contributed by atoms with E-state index in [-0.39, 0.29) is 24.5 Å². The molecular formula is C26H30N4O6S. The molecule has 0 aliphatic carbocycles. The van der Waals surface area contributed by atoms with Crippen LogP contribution in [0.25, 0.3) is 0 Å². The molecule has 1 N–H and O–H groups in total. The summed E-state index contributed by atoms with van der Waals surface area (Å²) in [5, 5.41) is 0. The van der Waals surface area contributed by atoms with Crippen LogP contribution in [0.15, 0.2) is 71.9 Å². The van der Waals surface area contributed by atoms with Gasteiger partial charge in [0.15, 0.2) is 0 Å². The molecule has 0 spiro atoms. The van der Waals surface area contributed by atoms with E-state index in [0.29, 0.717) is 37.0 Å². The topological polar surface area (TPSA) is 120 Å². The molecule has 0 bridgehead atoms. The van der Waals surface area contributed by atoms with Gasteiger partial charge in [0.2, 0.25) is 10.0 Å². The summed E-state index contributed by atoms with van der Waals surface area (Å²) in [4.78, 5) is 27.1. The molecule has 196 valence electrons. The van der Waals surface area contributed by atoms with Gasteiger partial charge in [-0.1, -0.05) is 30.3 Å². The lowest BCUT2D eigenvalue weighted by molar-refractivity contribution is -0.139. The quantitative estimate of drug-likeness (QED) is 0.283. The number of ether oxygens (including phenoxy) is 2. The van der Waals surface area contributed by atoms with Crippen molar-refractivity contribution in [3.63, 3.8) is 0 Å². The van der Waals surface area contributed by atoms with Gasteiger partial charge in [-0.25, -0.2) is 13.9 Å². The van der Waals surface area contributed by atoms with Crippen LogP contribution in [0.4, 0.5) is 0 Å². The first-order valence-electron chi connectivity index (χ1n) is 12.1. The van der Waals surface area contributed by atoms with E-state index in [1.165, 1.54) is 24.5 Å². The monoisotopic (exact) mass is 526 g/mol. The maximum atomic E-state index is 13.7. The Morgan fingerprint density at radius 1 is 1.03 bits per heavy atom. The summed E-state index contributed by atoms with van der Waals surface area (Å²) in [5.74, 6) is -0.0287. The van der Waals surface area contributed by atoms with Crippen molar-refractivity contribution in [2.24, 2.45) is 0 Å². The van der Waals surface area contributed by atoms with Crippen molar-refractivity contribution >= 4 is 15.9 Å². The molecule has 11 heteroatoms. The number of carbonyl (C=O) groups excluding carboxylic acids is 1. The number of hydrogen-bond donors (Lipinski definition) is 1. The fourth-order valence-corrected chi connectivity index (χ4v) is 5.44. The molecule has 37 heavy (non-hydrogen) atoms. The van der Waals surface area contributed by atoms with E-state index in [2.05, 4.69) is 15.4 Å². The molecule has 1 unspecified atom stereocenters. The number of sulfonamides is 1. The Morgan fingerprint density at radius 3 is 2.49 bits per heavy atom. The van der Waals surface area contributed by atoms with Crippen LogP contribution in [0.1, 0.15) is 30.3 Å². The van der Waals surface area contributed by atoms with E-state index in [0.717, 1.165) is 16.3 Å². The minimum atomic E-state index is -4.05. The third-order valence-electron chi connectivity index (χ3n) is 5.79. The summed E-state index contributed by atoms with van der Waals surface area (Å²) < 4.78 is 39.4. The van der Waals surface area contributed by atoms with Crippen molar-refractivity contribution in [3.05, 3.63) is 83.9 Å². The van der Waals surface area contributed by atoms with Crippen molar-refractivity contribution < 1.29 is 27.5 Å². The molecule has 2 heterocycles. The fourth-order valence-electron chi connectivity index (χ4n) is 3.89. The summed E-state index contributed by atoms with van der Waals surface area (Å²) in [6, 6.07) is 14.4. The summed E-state index contributed by atoms with van der Waals surface area (Å²) in [6.45, 7) is 3.70. The lowest BCUT2D eigenvalue weighted by Gasteiger charge is -2.33. The standard InChI is InChI=1S/C26H30N4O6S/c1-2-34-15-6-16-35-21-9-11-22(12-10-21)37(32,33)30-18-24-23(27-13-14-28-24)17-25(30)26(31)29-36-19-20-7-4-3-5-8-20/h3-5,7-14,25H,2,6,15-19H2,1H3,(H,29,31). The molecule has 0 radical (unpaired) electrons. The zero-order chi connectivity index (χ0) is 26.1. The van der Waals surface area contributed by atoms with Gasteiger partial charge >= 0.3 is 0 Å².